The molecule has 1 atom stereocenters. The molecule has 2 heterocycles. The standard InChI is InChI=1S/C18H22N2O2S/c21-16-5-8-18(12-19-17(22)14-6-9-23-11-14)7-1-2-15(18)20(16)10-13-3-4-13/h2,6,9,11,13H,1,3-5,7-8,10,12H2,(H,19,22). The van der Waals surface area contributed by atoms with E-state index in [9.17, 15) is 9.59 Å². The van der Waals surface area contributed by atoms with Crippen LogP contribution in [0.25, 0.3) is 0 Å². The zero-order valence-electron chi connectivity index (χ0n) is 13.2. The predicted octanol–water partition coefficient (Wildman–Crippen LogP) is 3.17. The number of thiophene rings is 1. The third-order valence-corrected chi connectivity index (χ3v) is 6.10. The average Bonchev–Trinajstić information content (AvgIpc) is 3.04. The molecule has 4 nitrogen and oxygen atoms in total. The summed E-state index contributed by atoms with van der Waals surface area (Å²) in [6.07, 6.45) is 8.26. The number of rotatable bonds is 5. The van der Waals surface area contributed by atoms with Crippen molar-refractivity contribution < 1.29 is 9.59 Å². The molecule has 5 heteroatoms. The van der Waals surface area contributed by atoms with Crippen molar-refractivity contribution in [3.63, 3.8) is 0 Å². The zero-order valence-corrected chi connectivity index (χ0v) is 14.0. The van der Waals surface area contributed by atoms with Gasteiger partial charge in [-0.1, -0.05) is 6.08 Å². The molecule has 0 radical (unpaired) electrons. The Morgan fingerprint density at radius 2 is 2.26 bits per heavy atom. The smallest absolute Gasteiger partial charge is 0.252 e. The molecule has 4 rings (SSSR count). The number of likely N-dealkylation sites (tertiary alicyclic amines) is 1. The first-order chi connectivity index (χ1) is 11.2. The van der Waals surface area contributed by atoms with Crippen molar-refractivity contribution in [1.82, 2.24) is 10.2 Å². The number of carbonyl (C=O) groups is 2. The van der Waals surface area contributed by atoms with E-state index in [2.05, 4.69) is 11.4 Å². The van der Waals surface area contributed by atoms with Crippen LogP contribution in [0.4, 0.5) is 0 Å². The van der Waals surface area contributed by atoms with Crippen LogP contribution < -0.4 is 5.32 Å². The molecule has 1 unspecified atom stereocenters. The molecular weight excluding hydrogens is 308 g/mol. The number of fused-ring (bicyclic) bond motifs is 1. The van der Waals surface area contributed by atoms with E-state index in [-0.39, 0.29) is 17.2 Å². The quantitative estimate of drug-likeness (QED) is 0.901. The fourth-order valence-corrected chi connectivity index (χ4v) is 4.50. The van der Waals surface area contributed by atoms with Gasteiger partial charge in [-0.2, -0.15) is 11.3 Å². The van der Waals surface area contributed by atoms with Crippen molar-refractivity contribution in [3.05, 3.63) is 34.2 Å². The Morgan fingerprint density at radius 1 is 1.39 bits per heavy atom. The summed E-state index contributed by atoms with van der Waals surface area (Å²) in [5.74, 6) is 0.957. The maximum Gasteiger partial charge on any atom is 0.252 e. The molecule has 0 spiro atoms. The Bertz CT molecular complexity index is 648. The highest BCUT2D eigenvalue weighted by molar-refractivity contribution is 7.08. The minimum absolute atomic E-state index is 0.00230. The minimum atomic E-state index is -0.0333. The summed E-state index contributed by atoms with van der Waals surface area (Å²) < 4.78 is 0. The normalized spacial score (nSPS) is 26.9. The molecule has 122 valence electrons. The summed E-state index contributed by atoms with van der Waals surface area (Å²) in [6.45, 7) is 1.52. The Balaban J connectivity index is 1.48. The zero-order chi connectivity index (χ0) is 15.9. The van der Waals surface area contributed by atoms with Gasteiger partial charge >= 0.3 is 0 Å². The summed E-state index contributed by atoms with van der Waals surface area (Å²) in [6, 6.07) is 1.85. The lowest BCUT2D eigenvalue weighted by Crippen LogP contribution is -2.48. The number of nitrogens with zero attached hydrogens (tertiary/aromatic N) is 1. The fraction of sp³-hybridized carbons (Fsp3) is 0.556. The van der Waals surface area contributed by atoms with E-state index >= 15 is 0 Å². The predicted molar refractivity (Wildman–Crippen MR) is 90.1 cm³/mol. The molecule has 1 N–H and O–H groups in total. The van der Waals surface area contributed by atoms with Gasteiger partial charge in [0.15, 0.2) is 0 Å². The fourth-order valence-electron chi connectivity index (χ4n) is 3.87. The van der Waals surface area contributed by atoms with E-state index in [1.807, 2.05) is 21.7 Å². The van der Waals surface area contributed by atoms with Crippen LogP contribution in [-0.2, 0) is 4.79 Å². The Kier molecular flexibility index (Phi) is 3.76. The highest BCUT2D eigenvalue weighted by Crippen LogP contribution is 2.48. The summed E-state index contributed by atoms with van der Waals surface area (Å²) in [5, 5.41) is 6.91. The van der Waals surface area contributed by atoms with Crippen LogP contribution >= 0.6 is 11.3 Å². The highest BCUT2D eigenvalue weighted by atomic mass is 32.1. The number of amides is 2. The van der Waals surface area contributed by atoms with Crippen LogP contribution in [0.5, 0.6) is 0 Å². The second kappa shape index (κ2) is 5.78. The SMILES string of the molecule is O=C(NCC12CCC=C1N(CC1CC1)C(=O)CC2)c1ccsc1. The van der Waals surface area contributed by atoms with Gasteiger partial charge in [-0.05, 0) is 49.5 Å². The van der Waals surface area contributed by atoms with Gasteiger partial charge in [0.1, 0.15) is 0 Å². The summed E-state index contributed by atoms with van der Waals surface area (Å²) in [5.41, 5.74) is 1.89. The summed E-state index contributed by atoms with van der Waals surface area (Å²) in [4.78, 5) is 26.7. The van der Waals surface area contributed by atoms with Crippen molar-refractivity contribution >= 4 is 23.2 Å². The highest BCUT2D eigenvalue weighted by Gasteiger charge is 2.46. The molecular formula is C18H22N2O2S. The molecule has 2 fully saturated rings. The van der Waals surface area contributed by atoms with Crippen molar-refractivity contribution in [3.8, 4) is 0 Å². The molecule has 0 aromatic carbocycles. The lowest BCUT2D eigenvalue weighted by molar-refractivity contribution is -0.133. The topological polar surface area (TPSA) is 49.4 Å². The molecule has 3 aliphatic rings. The Labute approximate surface area is 140 Å². The largest absolute Gasteiger partial charge is 0.351 e. The van der Waals surface area contributed by atoms with E-state index < -0.39 is 0 Å². The maximum absolute atomic E-state index is 12.4. The van der Waals surface area contributed by atoms with E-state index in [0.29, 0.717) is 18.9 Å². The first kappa shape index (κ1) is 14.9. The molecule has 1 aromatic rings. The molecule has 1 saturated heterocycles. The van der Waals surface area contributed by atoms with Crippen molar-refractivity contribution in [1.29, 1.82) is 0 Å². The Hall–Kier alpha value is -1.62. The van der Waals surface area contributed by atoms with Gasteiger partial charge in [0.25, 0.3) is 5.91 Å². The van der Waals surface area contributed by atoms with E-state index in [4.69, 9.17) is 0 Å². The van der Waals surface area contributed by atoms with Crippen LogP contribution in [0.15, 0.2) is 28.6 Å². The molecule has 23 heavy (non-hydrogen) atoms. The average molecular weight is 330 g/mol. The van der Waals surface area contributed by atoms with Gasteiger partial charge in [0.05, 0.1) is 0 Å². The van der Waals surface area contributed by atoms with Crippen molar-refractivity contribution in [2.75, 3.05) is 13.1 Å². The van der Waals surface area contributed by atoms with Crippen LogP contribution in [0, 0.1) is 11.3 Å². The summed E-state index contributed by atoms with van der Waals surface area (Å²) >= 11 is 1.54. The Morgan fingerprint density at radius 3 is 3.00 bits per heavy atom. The minimum Gasteiger partial charge on any atom is -0.351 e. The third-order valence-electron chi connectivity index (χ3n) is 5.42. The maximum atomic E-state index is 12.4. The molecule has 2 aliphatic carbocycles. The van der Waals surface area contributed by atoms with Crippen LogP contribution in [0.1, 0.15) is 48.9 Å². The van der Waals surface area contributed by atoms with Gasteiger partial charge in [-0.3, -0.25) is 9.59 Å². The lowest BCUT2D eigenvalue weighted by Gasteiger charge is -2.42. The molecule has 1 aliphatic heterocycles. The van der Waals surface area contributed by atoms with Crippen molar-refractivity contribution in [2.24, 2.45) is 11.3 Å². The van der Waals surface area contributed by atoms with Crippen molar-refractivity contribution in [2.45, 2.75) is 38.5 Å². The van der Waals surface area contributed by atoms with E-state index in [0.717, 1.165) is 31.4 Å². The van der Waals surface area contributed by atoms with Gasteiger partial charge < -0.3 is 10.2 Å². The van der Waals surface area contributed by atoms with E-state index in [1.54, 1.807) is 0 Å². The van der Waals surface area contributed by atoms with E-state index in [1.165, 1.54) is 29.9 Å². The lowest BCUT2D eigenvalue weighted by atomic mass is 9.76. The van der Waals surface area contributed by atoms with Crippen LogP contribution in [-0.4, -0.2) is 29.8 Å². The molecule has 1 aromatic heterocycles. The number of hydrogen-bond acceptors (Lipinski definition) is 3. The second-order valence-corrected chi connectivity index (χ2v) is 7.83. The first-order valence-electron chi connectivity index (χ1n) is 8.49. The second-order valence-electron chi connectivity index (χ2n) is 7.05. The number of nitrogens with one attached hydrogen (secondary N) is 1. The van der Waals surface area contributed by atoms with Crippen LogP contribution in [0.2, 0.25) is 0 Å². The van der Waals surface area contributed by atoms with Gasteiger partial charge in [0.2, 0.25) is 5.91 Å². The van der Waals surface area contributed by atoms with Gasteiger partial charge in [-0.15, -0.1) is 0 Å². The molecule has 1 saturated carbocycles. The first-order valence-corrected chi connectivity index (χ1v) is 9.44. The summed E-state index contributed by atoms with van der Waals surface area (Å²) in [7, 11) is 0. The monoisotopic (exact) mass is 330 g/mol. The van der Waals surface area contributed by atoms with Gasteiger partial charge in [0, 0.05) is 41.6 Å². The molecule has 0 bridgehead atoms. The number of carbonyl (C=O) groups excluding carboxylic acids is 2. The van der Waals surface area contributed by atoms with Crippen LogP contribution in [0.3, 0.4) is 0 Å². The number of allylic oxidation sites excluding steroid dienone is 1. The van der Waals surface area contributed by atoms with Gasteiger partial charge in [-0.25, -0.2) is 0 Å². The molecule has 2 amide bonds. The number of piperidine rings is 1. The number of hydrogen-bond donors (Lipinski definition) is 1. The third kappa shape index (κ3) is 2.82.